The summed E-state index contributed by atoms with van der Waals surface area (Å²) in [5.41, 5.74) is 1.51. The maximum atomic E-state index is 14.7. The topological polar surface area (TPSA) is 212 Å². The Hall–Kier alpha value is -3.49. The molecule has 4 heterocycles. The lowest BCUT2D eigenvalue weighted by Gasteiger charge is -2.43. The number of ether oxygens (including phenoxy) is 9. The van der Waals surface area contributed by atoms with Crippen LogP contribution in [-0.4, -0.2) is 173 Å². The fraction of sp³-hybridized carbons (Fsp3) is 0.780. The van der Waals surface area contributed by atoms with Crippen LogP contribution in [-0.2, 0) is 66.6 Å². The number of fused-ring (bicyclic) bond motifs is 3. The van der Waals surface area contributed by atoms with Gasteiger partial charge in [0.25, 0.3) is 11.7 Å². The van der Waals surface area contributed by atoms with Crippen molar-refractivity contribution in [3.63, 3.8) is 0 Å². The van der Waals surface area contributed by atoms with Crippen LogP contribution < -0.4 is 0 Å². The van der Waals surface area contributed by atoms with Crippen molar-refractivity contribution in [1.29, 1.82) is 0 Å². The number of rotatable bonds is 15. The van der Waals surface area contributed by atoms with Gasteiger partial charge in [-0.1, -0.05) is 71.1 Å². The van der Waals surface area contributed by atoms with Crippen molar-refractivity contribution in [2.24, 2.45) is 35.5 Å². The van der Waals surface area contributed by atoms with E-state index >= 15 is 0 Å². The third-order valence-electron chi connectivity index (χ3n) is 16.4. The molecule has 76 heavy (non-hydrogen) atoms. The monoisotopic (exact) mass is 1070 g/mol. The molecule has 15 atom stereocenters. The predicted molar refractivity (Wildman–Crippen MR) is 285 cm³/mol. The van der Waals surface area contributed by atoms with Crippen LogP contribution in [0.5, 0.6) is 0 Å². The maximum Gasteiger partial charge on any atom is 0.329 e. The Kier molecular flexibility index (Phi) is 26.1. The van der Waals surface area contributed by atoms with Crippen LogP contribution in [0, 0.1) is 35.5 Å². The zero-order chi connectivity index (χ0) is 55.5. The number of aliphatic hydroxyl groups is 2. The summed E-state index contributed by atoms with van der Waals surface area (Å²) in [4.78, 5) is 73.4. The molecule has 2 bridgehead atoms. The second-order valence-electron chi connectivity index (χ2n) is 22.4. The van der Waals surface area contributed by atoms with E-state index in [1.54, 1.807) is 27.0 Å². The van der Waals surface area contributed by atoms with E-state index in [2.05, 4.69) is 0 Å². The van der Waals surface area contributed by atoms with Gasteiger partial charge in [0, 0.05) is 71.7 Å². The minimum absolute atomic E-state index is 0.0217. The highest BCUT2D eigenvalue weighted by Gasteiger charge is 2.53. The molecule has 4 fully saturated rings. The molecule has 0 aromatic carbocycles. The summed E-state index contributed by atoms with van der Waals surface area (Å²) in [6.07, 6.45) is 13.8. The Morgan fingerprint density at radius 1 is 0.789 bits per heavy atom. The van der Waals surface area contributed by atoms with Gasteiger partial charge in [0.15, 0.2) is 5.78 Å². The first kappa shape index (κ1) is 63.3. The molecule has 0 unspecified atom stereocenters. The van der Waals surface area contributed by atoms with Gasteiger partial charge in [-0.15, -0.1) is 0 Å². The molecule has 430 valence electrons. The Morgan fingerprint density at radius 2 is 1.53 bits per heavy atom. The van der Waals surface area contributed by atoms with E-state index in [-0.39, 0.29) is 92.6 Å². The Morgan fingerprint density at radius 3 is 2.21 bits per heavy atom. The van der Waals surface area contributed by atoms with Crippen LogP contribution in [0.2, 0.25) is 0 Å². The van der Waals surface area contributed by atoms with Crippen molar-refractivity contribution >= 4 is 29.2 Å². The van der Waals surface area contributed by atoms with Crippen LogP contribution in [0.4, 0.5) is 0 Å². The Balaban J connectivity index is 1.47. The number of esters is 1. The van der Waals surface area contributed by atoms with Crippen molar-refractivity contribution in [3.05, 3.63) is 47.6 Å². The van der Waals surface area contributed by atoms with Crippen molar-refractivity contribution < 1.29 is 76.8 Å². The lowest BCUT2D eigenvalue weighted by molar-refractivity contribution is -0.266. The first-order chi connectivity index (χ1) is 36.3. The molecule has 1 amide bonds. The summed E-state index contributed by atoms with van der Waals surface area (Å²) in [6.45, 7) is 15.3. The number of piperidine rings is 1. The molecule has 0 aromatic heterocycles. The number of amides is 1. The quantitative estimate of drug-likeness (QED) is 0.0730. The summed E-state index contributed by atoms with van der Waals surface area (Å²) in [7, 11) is 4.65. The van der Waals surface area contributed by atoms with Crippen molar-refractivity contribution in [1.82, 2.24) is 4.90 Å². The number of carbonyl (C=O) groups excluding carboxylic acids is 5. The van der Waals surface area contributed by atoms with Crippen LogP contribution in [0.15, 0.2) is 47.6 Å². The second-order valence-corrected chi connectivity index (χ2v) is 22.4. The molecule has 1 aliphatic carbocycles. The SMILES string of the molecule is CO[C@@H]1/C(C)=C/[C@@H](C)C(=O)C[C@@H]([C@H](C)C[C@@H]2CC[C@@H](OCCCO)[C@H](OC)C2)OC(=O)[C@@H]2CCCCN2C(=O)C(=O)[C@]2(O)O[C@@H](CC[C@H]2C)C[C@@H](OCCOC2COC2)/C(C)=C/C=C/C=C/[C@@H](C)C[C@@H](C)C(=O)[C@@H]1OC. The number of Topliss-reactive ketones (excluding diaryl/α,β-unsaturated/α-hetero) is 3. The minimum atomic E-state index is -2.47. The van der Waals surface area contributed by atoms with Gasteiger partial charge in [-0.3, -0.25) is 19.2 Å². The number of nitrogens with zero attached hydrogens (tertiary/aromatic N) is 1. The van der Waals surface area contributed by atoms with E-state index in [1.807, 2.05) is 65.0 Å². The fourth-order valence-corrected chi connectivity index (χ4v) is 11.5. The standard InChI is InChI=1S/C59H93NO16/c1-37-17-12-11-13-18-38(2)50(74-28-27-72-46-35-71-36-46)33-45-22-20-43(7)59(67,76-45)56(64)57(65)60-24-15-14-19-47(60)58(66)75-51(40(4)31-44-21-23-49(52(32-44)68-8)73-26-16-25-61)34-48(62)39(3)30-42(6)54(69-9)55(70-10)53(63)41(5)29-37/h11-13,17-18,30,37,39-41,43-47,49-52,54-55,61,67H,14-16,19-29,31-36H2,1-10H3/b13-11+,17-12+,38-18+,42-30+/t37-,39-,40-,41-,43-,44+,45+,47+,49-,50-,51+,52-,54-,55+,59-/m1/s1. The summed E-state index contributed by atoms with van der Waals surface area (Å²) < 4.78 is 53.9. The smallest absolute Gasteiger partial charge is 0.329 e. The summed E-state index contributed by atoms with van der Waals surface area (Å²) in [6, 6.07) is -1.15. The summed E-state index contributed by atoms with van der Waals surface area (Å²) in [5.74, 6) is -7.60. The molecule has 5 aliphatic rings. The van der Waals surface area contributed by atoms with Gasteiger partial charge in [-0.25, -0.2) is 4.79 Å². The van der Waals surface area contributed by atoms with Gasteiger partial charge >= 0.3 is 5.97 Å². The van der Waals surface area contributed by atoms with Crippen LogP contribution in [0.3, 0.4) is 0 Å². The molecule has 0 spiro atoms. The summed E-state index contributed by atoms with van der Waals surface area (Å²) >= 11 is 0. The van der Waals surface area contributed by atoms with Crippen LogP contribution in [0.1, 0.15) is 132 Å². The maximum absolute atomic E-state index is 14.7. The molecular weight excluding hydrogens is 979 g/mol. The lowest BCUT2D eigenvalue weighted by Crippen LogP contribution is -2.61. The zero-order valence-corrected chi connectivity index (χ0v) is 47.3. The largest absolute Gasteiger partial charge is 0.460 e. The first-order valence-corrected chi connectivity index (χ1v) is 28.2. The first-order valence-electron chi connectivity index (χ1n) is 28.2. The minimum Gasteiger partial charge on any atom is -0.460 e. The Labute approximate surface area is 452 Å². The molecule has 5 rings (SSSR count). The molecule has 2 N–H and O–H groups in total. The van der Waals surface area contributed by atoms with E-state index in [0.29, 0.717) is 83.4 Å². The average molecular weight is 1070 g/mol. The van der Waals surface area contributed by atoms with Gasteiger partial charge in [-0.2, -0.15) is 0 Å². The second kappa shape index (κ2) is 31.3. The van der Waals surface area contributed by atoms with Gasteiger partial charge in [0.1, 0.15) is 36.2 Å². The predicted octanol–water partition coefficient (Wildman–Crippen LogP) is 7.03. The molecule has 0 radical (unpaired) electrons. The van der Waals surface area contributed by atoms with E-state index in [9.17, 15) is 34.2 Å². The molecule has 1 saturated carbocycles. The zero-order valence-electron chi connectivity index (χ0n) is 47.3. The molecule has 0 aromatic rings. The molecule has 4 aliphatic heterocycles. The van der Waals surface area contributed by atoms with Gasteiger partial charge < -0.3 is 57.7 Å². The Bertz CT molecular complexity index is 2000. The van der Waals surface area contributed by atoms with Crippen LogP contribution >= 0.6 is 0 Å². The average Bonchev–Trinajstić information content (AvgIpc) is 3.39. The van der Waals surface area contributed by atoms with E-state index in [0.717, 1.165) is 18.4 Å². The number of aliphatic hydroxyl groups excluding tert-OH is 1. The van der Waals surface area contributed by atoms with Gasteiger partial charge in [0.2, 0.25) is 5.79 Å². The number of carbonyl (C=O) groups is 5. The van der Waals surface area contributed by atoms with Crippen molar-refractivity contribution in [2.45, 2.75) is 193 Å². The van der Waals surface area contributed by atoms with Crippen molar-refractivity contribution in [2.75, 3.05) is 67.5 Å². The van der Waals surface area contributed by atoms with E-state index in [4.69, 9.17) is 42.6 Å². The molecular formula is C59H93NO16. The normalized spacial score (nSPS) is 37.4. The number of hydrogen-bond donors (Lipinski definition) is 2. The highest BCUT2D eigenvalue weighted by Crippen LogP contribution is 2.38. The van der Waals surface area contributed by atoms with Gasteiger partial charge in [0.05, 0.1) is 50.8 Å². The van der Waals surface area contributed by atoms with E-state index < -0.39 is 71.8 Å². The van der Waals surface area contributed by atoms with Crippen molar-refractivity contribution in [3.8, 4) is 0 Å². The molecule has 17 nitrogen and oxygen atoms in total. The lowest BCUT2D eigenvalue weighted by atomic mass is 9.78. The number of methoxy groups -OCH3 is 3. The molecule has 3 saturated heterocycles. The third-order valence-corrected chi connectivity index (χ3v) is 16.4. The fourth-order valence-electron chi connectivity index (χ4n) is 11.5. The number of ketones is 3. The molecule has 17 heteroatoms. The van der Waals surface area contributed by atoms with E-state index in [1.165, 1.54) is 19.1 Å². The summed E-state index contributed by atoms with van der Waals surface area (Å²) in [5, 5.41) is 21.5. The highest BCUT2D eigenvalue weighted by atomic mass is 16.6. The number of cyclic esters (lactones) is 1. The van der Waals surface area contributed by atoms with Gasteiger partial charge in [-0.05, 0) is 113 Å². The third kappa shape index (κ3) is 17.8. The number of allylic oxidation sites excluding steroid dienone is 6. The highest BCUT2D eigenvalue weighted by molar-refractivity contribution is 6.39. The van der Waals surface area contributed by atoms with Crippen LogP contribution in [0.25, 0.3) is 0 Å². The number of hydrogen-bond acceptors (Lipinski definition) is 16.